The third-order valence-electron chi connectivity index (χ3n) is 2.90. The number of hydrogen-bond acceptors (Lipinski definition) is 4. The standard InChI is InChI=1S/C14H22N2O2/c1-10(11-8-6-5-7-9-11)16-12(13(17)18-4)14(2,3)15/h5-10,12,16H,15H2,1-4H3/t10-,12+/m0/s1. The number of benzene rings is 1. The van der Waals surface area contributed by atoms with Gasteiger partial charge in [-0.15, -0.1) is 0 Å². The Morgan fingerprint density at radius 1 is 1.33 bits per heavy atom. The highest BCUT2D eigenvalue weighted by molar-refractivity contribution is 5.77. The molecule has 0 heterocycles. The van der Waals surface area contributed by atoms with Crippen molar-refractivity contribution in [3.8, 4) is 0 Å². The summed E-state index contributed by atoms with van der Waals surface area (Å²) in [5.74, 6) is -0.342. The zero-order valence-electron chi connectivity index (χ0n) is 11.4. The van der Waals surface area contributed by atoms with Crippen LogP contribution in [0, 0.1) is 0 Å². The molecule has 0 aromatic heterocycles. The van der Waals surface area contributed by atoms with Crippen LogP contribution >= 0.6 is 0 Å². The predicted molar refractivity (Wildman–Crippen MR) is 72.1 cm³/mol. The van der Waals surface area contributed by atoms with E-state index in [1.54, 1.807) is 13.8 Å². The van der Waals surface area contributed by atoms with E-state index >= 15 is 0 Å². The second kappa shape index (κ2) is 5.98. The Morgan fingerprint density at radius 3 is 2.33 bits per heavy atom. The molecular formula is C14H22N2O2. The Balaban J connectivity index is 2.82. The smallest absolute Gasteiger partial charge is 0.324 e. The summed E-state index contributed by atoms with van der Waals surface area (Å²) in [6, 6.07) is 9.39. The van der Waals surface area contributed by atoms with Crippen LogP contribution in [0.4, 0.5) is 0 Å². The number of methoxy groups -OCH3 is 1. The molecule has 3 N–H and O–H groups in total. The fourth-order valence-corrected chi connectivity index (χ4v) is 1.79. The van der Waals surface area contributed by atoms with Gasteiger partial charge in [0.25, 0.3) is 0 Å². The molecule has 18 heavy (non-hydrogen) atoms. The quantitative estimate of drug-likeness (QED) is 0.779. The maximum atomic E-state index is 11.8. The normalized spacial score (nSPS) is 14.9. The minimum atomic E-state index is -0.684. The summed E-state index contributed by atoms with van der Waals surface area (Å²) < 4.78 is 4.79. The first-order valence-corrected chi connectivity index (χ1v) is 6.04. The molecule has 1 aromatic rings. The summed E-state index contributed by atoms with van der Waals surface area (Å²) in [6.45, 7) is 5.61. The number of rotatable bonds is 5. The number of nitrogens with two attached hydrogens (primary N) is 1. The van der Waals surface area contributed by atoms with Crippen LogP contribution in [0.1, 0.15) is 32.4 Å². The lowest BCUT2D eigenvalue weighted by Gasteiger charge is -2.31. The molecule has 0 amide bonds. The number of carbonyl (C=O) groups excluding carboxylic acids is 1. The first-order chi connectivity index (χ1) is 8.36. The lowest BCUT2D eigenvalue weighted by molar-refractivity contribution is -0.145. The Hall–Kier alpha value is -1.39. The van der Waals surface area contributed by atoms with Crippen molar-refractivity contribution in [2.75, 3.05) is 7.11 Å². The molecule has 0 aliphatic carbocycles. The van der Waals surface area contributed by atoms with Gasteiger partial charge in [0.15, 0.2) is 0 Å². The third-order valence-corrected chi connectivity index (χ3v) is 2.90. The van der Waals surface area contributed by atoms with Crippen molar-refractivity contribution >= 4 is 5.97 Å². The van der Waals surface area contributed by atoms with Crippen molar-refractivity contribution in [2.45, 2.75) is 38.4 Å². The lowest BCUT2D eigenvalue weighted by Crippen LogP contribution is -2.58. The zero-order chi connectivity index (χ0) is 13.8. The van der Waals surface area contributed by atoms with Gasteiger partial charge in [-0.05, 0) is 26.3 Å². The SMILES string of the molecule is COC(=O)[C@@H](N[C@@H](C)c1ccccc1)C(C)(C)N. The van der Waals surface area contributed by atoms with Gasteiger partial charge in [-0.2, -0.15) is 0 Å². The number of hydrogen-bond donors (Lipinski definition) is 2. The van der Waals surface area contributed by atoms with Crippen molar-refractivity contribution in [3.63, 3.8) is 0 Å². The summed E-state index contributed by atoms with van der Waals surface area (Å²) in [4.78, 5) is 11.8. The molecule has 1 aromatic carbocycles. The second-order valence-electron chi connectivity index (χ2n) is 5.08. The first kappa shape index (κ1) is 14.7. The van der Waals surface area contributed by atoms with E-state index in [0.29, 0.717) is 0 Å². The number of ether oxygens (including phenoxy) is 1. The van der Waals surface area contributed by atoms with Gasteiger partial charge in [0.1, 0.15) is 6.04 Å². The average molecular weight is 250 g/mol. The summed E-state index contributed by atoms with van der Waals surface area (Å²) in [5.41, 5.74) is 6.44. The maximum Gasteiger partial charge on any atom is 0.324 e. The van der Waals surface area contributed by atoms with Gasteiger partial charge in [-0.1, -0.05) is 30.3 Å². The molecule has 0 radical (unpaired) electrons. The summed E-state index contributed by atoms with van der Waals surface area (Å²) in [6.07, 6.45) is 0. The Morgan fingerprint density at radius 2 is 1.89 bits per heavy atom. The minimum absolute atomic E-state index is 0.0260. The molecule has 0 bridgehead atoms. The van der Waals surface area contributed by atoms with Crippen molar-refractivity contribution in [1.82, 2.24) is 5.32 Å². The van der Waals surface area contributed by atoms with Crippen molar-refractivity contribution in [1.29, 1.82) is 0 Å². The number of esters is 1. The monoisotopic (exact) mass is 250 g/mol. The summed E-state index contributed by atoms with van der Waals surface area (Å²) in [7, 11) is 1.37. The van der Waals surface area contributed by atoms with Crippen LogP contribution in [0.3, 0.4) is 0 Å². The molecule has 4 nitrogen and oxygen atoms in total. The molecule has 0 spiro atoms. The van der Waals surface area contributed by atoms with Crippen molar-refractivity contribution < 1.29 is 9.53 Å². The van der Waals surface area contributed by atoms with Gasteiger partial charge < -0.3 is 10.5 Å². The molecule has 100 valence electrons. The van der Waals surface area contributed by atoms with Gasteiger partial charge in [-0.25, -0.2) is 0 Å². The van der Waals surface area contributed by atoms with Crippen molar-refractivity contribution in [3.05, 3.63) is 35.9 Å². The molecular weight excluding hydrogens is 228 g/mol. The Kier molecular flexibility index (Phi) is 4.87. The van der Waals surface area contributed by atoms with E-state index in [0.717, 1.165) is 5.56 Å². The van der Waals surface area contributed by atoms with Gasteiger partial charge in [0.2, 0.25) is 0 Å². The molecule has 0 aliphatic rings. The van der Waals surface area contributed by atoms with E-state index in [4.69, 9.17) is 10.5 Å². The van der Waals surface area contributed by atoms with Crippen LogP contribution < -0.4 is 11.1 Å². The van der Waals surface area contributed by atoms with Crippen LogP contribution in [0.25, 0.3) is 0 Å². The fourth-order valence-electron chi connectivity index (χ4n) is 1.79. The molecule has 0 saturated carbocycles. The van der Waals surface area contributed by atoms with Crippen LogP contribution in [-0.2, 0) is 9.53 Å². The minimum Gasteiger partial charge on any atom is -0.468 e. The fraction of sp³-hybridized carbons (Fsp3) is 0.500. The third kappa shape index (κ3) is 3.82. The number of nitrogens with one attached hydrogen (secondary N) is 1. The number of carbonyl (C=O) groups is 1. The van der Waals surface area contributed by atoms with Crippen LogP contribution in [0.2, 0.25) is 0 Å². The maximum absolute atomic E-state index is 11.8. The Labute approximate surface area is 109 Å². The van der Waals surface area contributed by atoms with Crippen LogP contribution in [0.5, 0.6) is 0 Å². The van der Waals surface area contributed by atoms with Crippen molar-refractivity contribution in [2.24, 2.45) is 5.73 Å². The highest BCUT2D eigenvalue weighted by Crippen LogP contribution is 2.16. The second-order valence-corrected chi connectivity index (χ2v) is 5.08. The highest BCUT2D eigenvalue weighted by Gasteiger charge is 2.33. The zero-order valence-corrected chi connectivity index (χ0v) is 11.4. The van der Waals surface area contributed by atoms with Gasteiger partial charge in [0, 0.05) is 11.6 Å². The van der Waals surface area contributed by atoms with Crippen LogP contribution in [0.15, 0.2) is 30.3 Å². The molecule has 4 heteroatoms. The average Bonchev–Trinajstić information content (AvgIpc) is 2.34. The van der Waals surface area contributed by atoms with Crippen LogP contribution in [-0.4, -0.2) is 24.7 Å². The van der Waals surface area contributed by atoms with E-state index in [-0.39, 0.29) is 12.0 Å². The lowest BCUT2D eigenvalue weighted by atomic mass is 9.94. The molecule has 0 aliphatic heterocycles. The Bertz CT molecular complexity index is 385. The topological polar surface area (TPSA) is 64.3 Å². The first-order valence-electron chi connectivity index (χ1n) is 6.04. The van der Waals surface area contributed by atoms with E-state index < -0.39 is 11.6 Å². The molecule has 0 fully saturated rings. The van der Waals surface area contributed by atoms with Gasteiger partial charge in [0.05, 0.1) is 7.11 Å². The molecule has 0 saturated heterocycles. The van der Waals surface area contributed by atoms with E-state index in [9.17, 15) is 4.79 Å². The molecule has 2 atom stereocenters. The largest absolute Gasteiger partial charge is 0.468 e. The van der Waals surface area contributed by atoms with Gasteiger partial charge in [-0.3, -0.25) is 10.1 Å². The van der Waals surface area contributed by atoms with Gasteiger partial charge >= 0.3 is 5.97 Å². The summed E-state index contributed by atoms with van der Waals surface area (Å²) >= 11 is 0. The molecule has 0 unspecified atom stereocenters. The van der Waals surface area contributed by atoms with E-state index in [1.165, 1.54) is 7.11 Å². The molecule has 1 rings (SSSR count). The van der Waals surface area contributed by atoms with E-state index in [2.05, 4.69) is 5.32 Å². The predicted octanol–water partition coefficient (Wildman–Crippen LogP) is 1.62. The van der Waals surface area contributed by atoms with E-state index in [1.807, 2.05) is 37.3 Å². The summed E-state index contributed by atoms with van der Waals surface area (Å²) in [5, 5.41) is 3.22. The highest BCUT2D eigenvalue weighted by atomic mass is 16.5.